The predicted octanol–water partition coefficient (Wildman–Crippen LogP) is 4.79. The lowest BCUT2D eigenvalue weighted by atomic mass is 10.0. The first-order chi connectivity index (χ1) is 11.6. The predicted molar refractivity (Wildman–Crippen MR) is 94.0 cm³/mol. The summed E-state index contributed by atoms with van der Waals surface area (Å²) in [6.07, 6.45) is 0. The number of nitrogens with one attached hydrogen (secondary N) is 1. The summed E-state index contributed by atoms with van der Waals surface area (Å²) in [5, 5.41) is 7.66. The van der Waals surface area contributed by atoms with Gasteiger partial charge in [0.15, 0.2) is 0 Å². The molecule has 0 aliphatic carbocycles. The van der Waals surface area contributed by atoms with Crippen molar-refractivity contribution in [2.24, 2.45) is 0 Å². The zero-order chi connectivity index (χ0) is 17.1. The fourth-order valence-electron chi connectivity index (χ4n) is 2.54. The highest BCUT2D eigenvalue weighted by atomic mass is 35.5. The Hall–Kier alpha value is -2.59. The first-order valence-electron chi connectivity index (χ1n) is 7.64. The Bertz CT molecular complexity index is 842. The van der Waals surface area contributed by atoms with Gasteiger partial charge in [-0.25, -0.2) is 0 Å². The Labute approximate surface area is 145 Å². The van der Waals surface area contributed by atoms with Crippen LogP contribution in [0, 0.1) is 6.92 Å². The summed E-state index contributed by atoms with van der Waals surface area (Å²) in [7, 11) is 0. The number of rotatable bonds is 4. The van der Waals surface area contributed by atoms with Crippen LogP contribution in [0.4, 0.5) is 0 Å². The monoisotopic (exact) mass is 340 g/mol. The zero-order valence-corrected chi connectivity index (χ0v) is 14.2. The lowest BCUT2D eigenvalue weighted by molar-refractivity contribution is 0.0939. The summed E-state index contributed by atoms with van der Waals surface area (Å²) in [5.41, 5.74) is 2.78. The SMILES string of the molecule is Cc1onc(-c2ccc(Cl)cc2)c1C(=O)N[C@@H](C)c1ccccc1. The maximum atomic E-state index is 12.7. The van der Waals surface area contributed by atoms with Gasteiger partial charge in [-0.05, 0) is 31.5 Å². The van der Waals surface area contributed by atoms with Gasteiger partial charge in [0.05, 0.1) is 6.04 Å². The third-order valence-electron chi connectivity index (χ3n) is 3.85. The Kier molecular flexibility index (Phi) is 4.67. The molecule has 0 aliphatic heterocycles. The minimum absolute atomic E-state index is 0.119. The molecule has 0 unspecified atom stereocenters. The summed E-state index contributed by atoms with van der Waals surface area (Å²) < 4.78 is 5.24. The molecule has 5 heteroatoms. The van der Waals surface area contributed by atoms with E-state index in [1.807, 2.05) is 49.4 Å². The smallest absolute Gasteiger partial charge is 0.257 e. The van der Waals surface area contributed by atoms with Crippen LogP contribution in [-0.4, -0.2) is 11.1 Å². The number of aromatic nitrogens is 1. The molecule has 1 amide bonds. The second-order valence-electron chi connectivity index (χ2n) is 5.58. The van der Waals surface area contributed by atoms with E-state index in [1.54, 1.807) is 19.1 Å². The zero-order valence-electron chi connectivity index (χ0n) is 13.4. The molecule has 122 valence electrons. The fraction of sp³-hybridized carbons (Fsp3) is 0.158. The van der Waals surface area contributed by atoms with E-state index in [4.69, 9.17) is 16.1 Å². The molecular weight excluding hydrogens is 324 g/mol. The van der Waals surface area contributed by atoms with Gasteiger partial charge in [-0.15, -0.1) is 0 Å². The number of carbonyl (C=O) groups is 1. The van der Waals surface area contributed by atoms with E-state index in [0.717, 1.165) is 11.1 Å². The average molecular weight is 341 g/mol. The van der Waals surface area contributed by atoms with Crippen molar-refractivity contribution in [3.05, 3.63) is 76.5 Å². The van der Waals surface area contributed by atoms with Gasteiger partial charge in [0.2, 0.25) is 0 Å². The summed E-state index contributed by atoms with van der Waals surface area (Å²) in [4.78, 5) is 12.7. The van der Waals surface area contributed by atoms with E-state index in [1.165, 1.54) is 0 Å². The molecule has 0 spiro atoms. The summed E-state index contributed by atoms with van der Waals surface area (Å²) >= 11 is 5.92. The standard InChI is InChI=1S/C19H17ClN2O2/c1-12(14-6-4-3-5-7-14)21-19(23)17-13(2)24-22-18(17)15-8-10-16(20)11-9-15/h3-12H,1-2H3,(H,21,23)/t12-/m0/s1. The number of hydrogen-bond acceptors (Lipinski definition) is 3. The molecule has 24 heavy (non-hydrogen) atoms. The topological polar surface area (TPSA) is 55.1 Å². The second kappa shape index (κ2) is 6.89. The van der Waals surface area contributed by atoms with Crippen LogP contribution in [0.15, 0.2) is 59.1 Å². The van der Waals surface area contributed by atoms with Gasteiger partial charge in [0, 0.05) is 10.6 Å². The molecule has 0 bridgehead atoms. The second-order valence-corrected chi connectivity index (χ2v) is 6.01. The molecule has 0 saturated heterocycles. The molecule has 4 nitrogen and oxygen atoms in total. The van der Waals surface area contributed by atoms with Gasteiger partial charge in [-0.1, -0.05) is 59.2 Å². The van der Waals surface area contributed by atoms with Crippen LogP contribution in [0.25, 0.3) is 11.3 Å². The van der Waals surface area contributed by atoms with Crippen molar-refractivity contribution in [3.8, 4) is 11.3 Å². The van der Waals surface area contributed by atoms with Crippen LogP contribution >= 0.6 is 11.6 Å². The molecule has 1 aromatic heterocycles. The van der Waals surface area contributed by atoms with Gasteiger partial charge >= 0.3 is 0 Å². The van der Waals surface area contributed by atoms with Gasteiger partial charge in [-0.3, -0.25) is 4.79 Å². The van der Waals surface area contributed by atoms with Gasteiger partial charge in [0.1, 0.15) is 17.0 Å². The molecule has 1 N–H and O–H groups in total. The van der Waals surface area contributed by atoms with E-state index < -0.39 is 0 Å². The Morgan fingerprint density at radius 2 is 1.79 bits per heavy atom. The first kappa shape index (κ1) is 16.3. The van der Waals surface area contributed by atoms with Crippen molar-refractivity contribution in [1.82, 2.24) is 10.5 Å². The minimum Gasteiger partial charge on any atom is -0.360 e. The number of amides is 1. The summed E-state index contributed by atoms with van der Waals surface area (Å²) in [6.45, 7) is 3.67. The number of benzene rings is 2. The molecule has 0 fully saturated rings. The van der Waals surface area contributed by atoms with Crippen molar-refractivity contribution in [2.45, 2.75) is 19.9 Å². The number of hydrogen-bond donors (Lipinski definition) is 1. The van der Waals surface area contributed by atoms with Gasteiger partial charge in [0.25, 0.3) is 5.91 Å². The number of carbonyl (C=O) groups excluding carboxylic acids is 1. The maximum absolute atomic E-state index is 12.7. The molecule has 1 atom stereocenters. The summed E-state index contributed by atoms with van der Waals surface area (Å²) in [5.74, 6) is 0.271. The van der Waals surface area contributed by atoms with Crippen LogP contribution in [0.5, 0.6) is 0 Å². The molecular formula is C19H17ClN2O2. The van der Waals surface area contributed by atoms with E-state index >= 15 is 0 Å². The highest BCUT2D eigenvalue weighted by molar-refractivity contribution is 6.30. The van der Waals surface area contributed by atoms with Crippen LogP contribution < -0.4 is 5.32 Å². The Morgan fingerprint density at radius 1 is 1.12 bits per heavy atom. The fourth-order valence-corrected chi connectivity index (χ4v) is 2.66. The molecule has 2 aromatic carbocycles. The number of nitrogens with zero attached hydrogens (tertiary/aromatic N) is 1. The molecule has 3 aromatic rings. The lowest BCUT2D eigenvalue weighted by Gasteiger charge is -2.14. The lowest BCUT2D eigenvalue weighted by Crippen LogP contribution is -2.27. The third kappa shape index (κ3) is 3.34. The Balaban J connectivity index is 1.88. The number of aryl methyl sites for hydroxylation is 1. The van der Waals surface area contributed by atoms with Crippen LogP contribution in [-0.2, 0) is 0 Å². The van der Waals surface area contributed by atoms with E-state index in [9.17, 15) is 4.79 Å². The van der Waals surface area contributed by atoms with Crippen LogP contribution in [0.3, 0.4) is 0 Å². The molecule has 0 radical (unpaired) electrons. The maximum Gasteiger partial charge on any atom is 0.257 e. The van der Waals surface area contributed by atoms with E-state index in [2.05, 4.69) is 10.5 Å². The van der Waals surface area contributed by atoms with Crippen LogP contribution in [0.1, 0.15) is 34.6 Å². The van der Waals surface area contributed by atoms with E-state index in [0.29, 0.717) is 22.0 Å². The summed E-state index contributed by atoms with van der Waals surface area (Å²) in [6, 6.07) is 16.8. The first-order valence-corrected chi connectivity index (χ1v) is 8.02. The molecule has 3 rings (SSSR count). The molecule has 1 heterocycles. The van der Waals surface area contributed by atoms with Crippen molar-refractivity contribution in [2.75, 3.05) is 0 Å². The average Bonchev–Trinajstić information content (AvgIpc) is 2.98. The Morgan fingerprint density at radius 3 is 2.46 bits per heavy atom. The third-order valence-corrected chi connectivity index (χ3v) is 4.11. The quantitative estimate of drug-likeness (QED) is 0.742. The normalized spacial score (nSPS) is 12.0. The van der Waals surface area contributed by atoms with Crippen LogP contribution in [0.2, 0.25) is 5.02 Å². The number of halogens is 1. The van der Waals surface area contributed by atoms with Crippen molar-refractivity contribution < 1.29 is 9.32 Å². The molecule has 0 saturated carbocycles. The van der Waals surface area contributed by atoms with Gasteiger partial charge in [-0.2, -0.15) is 0 Å². The minimum atomic E-state index is -0.213. The highest BCUT2D eigenvalue weighted by Crippen LogP contribution is 2.27. The van der Waals surface area contributed by atoms with Gasteiger partial charge < -0.3 is 9.84 Å². The van der Waals surface area contributed by atoms with Crippen molar-refractivity contribution in [3.63, 3.8) is 0 Å². The highest BCUT2D eigenvalue weighted by Gasteiger charge is 2.23. The molecule has 0 aliphatic rings. The largest absolute Gasteiger partial charge is 0.360 e. The van der Waals surface area contributed by atoms with E-state index in [-0.39, 0.29) is 11.9 Å². The van der Waals surface area contributed by atoms with Crippen molar-refractivity contribution in [1.29, 1.82) is 0 Å². The van der Waals surface area contributed by atoms with Crippen molar-refractivity contribution >= 4 is 17.5 Å².